The van der Waals surface area contributed by atoms with E-state index >= 15 is 0 Å². The maximum atomic E-state index is 13.2. The molecular weight excluding hydrogens is 340 g/mol. The Morgan fingerprint density at radius 3 is 2.60 bits per heavy atom. The van der Waals surface area contributed by atoms with Crippen LogP contribution in [0.25, 0.3) is 0 Å². The highest BCUT2D eigenvalue weighted by molar-refractivity contribution is 6.34. The molecule has 0 aliphatic carbocycles. The van der Waals surface area contributed by atoms with E-state index in [-0.39, 0.29) is 12.0 Å². The van der Waals surface area contributed by atoms with E-state index in [1.165, 1.54) is 0 Å². The van der Waals surface area contributed by atoms with Crippen molar-refractivity contribution in [2.24, 2.45) is 5.41 Å². The molecule has 6 heteroatoms. The summed E-state index contributed by atoms with van der Waals surface area (Å²) in [6.45, 7) is 7.24. The second-order valence-corrected chi connectivity index (χ2v) is 8.35. The van der Waals surface area contributed by atoms with Gasteiger partial charge in [0.15, 0.2) is 0 Å². The fourth-order valence-electron chi connectivity index (χ4n) is 3.71. The van der Waals surface area contributed by atoms with Crippen molar-refractivity contribution in [2.45, 2.75) is 45.6 Å². The molecule has 0 radical (unpaired) electrons. The summed E-state index contributed by atoms with van der Waals surface area (Å²) in [4.78, 5) is 29.0. The molecule has 1 spiro atoms. The number of hydrogen-bond donors (Lipinski definition) is 0. The summed E-state index contributed by atoms with van der Waals surface area (Å²) in [7, 11) is 0. The molecule has 2 heterocycles. The first-order valence-electron chi connectivity index (χ1n) is 8.76. The number of amides is 2. The van der Waals surface area contributed by atoms with Gasteiger partial charge >= 0.3 is 6.09 Å². The highest BCUT2D eigenvalue weighted by Gasteiger charge is 2.50. The Morgan fingerprint density at radius 2 is 1.92 bits per heavy atom. The Balaban J connectivity index is 1.77. The van der Waals surface area contributed by atoms with Crippen LogP contribution >= 0.6 is 11.6 Å². The molecule has 1 aromatic carbocycles. The van der Waals surface area contributed by atoms with Crippen molar-refractivity contribution in [3.8, 4) is 0 Å². The van der Waals surface area contributed by atoms with Crippen LogP contribution in [0.3, 0.4) is 0 Å². The van der Waals surface area contributed by atoms with E-state index in [4.69, 9.17) is 16.3 Å². The van der Waals surface area contributed by atoms with Crippen molar-refractivity contribution in [3.05, 3.63) is 29.3 Å². The van der Waals surface area contributed by atoms with E-state index in [0.717, 1.165) is 24.9 Å². The minimum Gasteiger partial charge on any atom is -0.444 e. The molecule has 2 saturated heterocycles. The fraction of sp³-hybridized carbons (Fsp3) is 0.579. The third kappa shape index (κ3) is 3.61. The molecule has 5 nitrogen and oxygen atoms in total. The molecule has 0 N–H and O–H groups in total. The molecule has 2 aliphatic rings. The van der Waals surface area contributed by atoms with Crippen LogP contribution in [-0.4, -0.2) is 42.1 Å². The van der Waals surface area contributed by atoms with Crippen molar-refractivity contribution in [3.63, 3.8) is 0 Å². The second kappa shape index (κ2) is 6.52. The van der Waals surface area contributed by atoms with Gasteiger partial charge in [-0.05, 0) is 52.2 Å². The standard InChI is InChI=1S/C19H25ClN2O3/c1-18(2,3)25-17(24)21-11-6-9-19(13-21)10-12-22(16(19)23)15-8-5-4-7-14(15)20/h4-5,7-8H,6,9-13H2,1-3H3/t19-/m0/s1. The molecule has 3 rings (SSSR count). The predicted octanol–water partition coefficient (Wildman–Crippen LogP) is 4.09. The zero-order valence-corrected chi connectivity index (χ0v) is 15.8. The zero-order chi connectivity index (χ0) is 18.2. The lowest BCUT2D eigenvalue weighted by atomic mass is 9.78. The normalized spacial score (nSPS) is 24.1. The smallest absolute Gasteiger partial charge is 0.410 e. The lowest BCUT2D eigenvalue weighted by Gasteiger charge is -2.39. The monoisotopic (exact) mass is 364 g/mol. The number of ether oxygens (including phenoxy) is 1. The molecule has 2 aliphatic heterocycles. The largest absolute Gasteiger partial charge is 0.444 e. The van der Waals surface area contributed by atoms with Crippen LogP contribution in [0.1, 0.15) is 40.0 Å². The van der Waals surface area contributed by atoms with Crippen LogP contribution < -0.4 is 4.90 Å². The number of carbonyl (C=O) groups excluding carboxylic acids is 2. The minimum absolute atomic E-state index is 0.0638. The maximum Gasteiger partial charge on any atom is 0.410 e. The number of benzene rings is 1. The number of nitrogens with zero attached hydrogens (tertiary/aromatic N) is 2. The number of piperidine rings is 1. The van der Waals surface area contributed by atoms with Gasteiger partial charge in [0.1, 0.15) is 5.60 Å². The first kappa shape index (κ1) is 18.1. The van der Waals surface area contributed by atoms with Crippen LogP contribution in [0.5, 0.6) is 0 Å². The molecule has 136 valence electrons. The maximum absolute atomic E-state index is 13.2. The van der Waals surface area contributed by atoms with Gasteiger partial charge in [-0.1, -0.05) is 23.7 Å². The van der Waals surface area contributed by atoms with E-state index in [1.54, 1.807) is 15.9 Å². The van der Waals surface area contributed by atoms with Gasteiger partial charge in [0, 0.05) is 19.6 Å². The van der Waals surface area contributed by atoms with Crippen LogP contribution in [0.15, 0.2) is 24.3 Å². The SMILES string of the molecule is CC(C)(C)OC(=O)N1CCC[C@]2(CCN(c3ccccc3Cl)C2=O)C1. The summed E-state index contributed by atoms with van der Waals surface area (Å²) in [6.07, 6.45) is 2.00. The van der Waals surface area contributed by atoms with E-state index < -0.39 is 11.0 Å². The molecule has 0 aromatic heterocycles. The van der Waals surface area contributed by atoms with Crippen molar-refractivity contribution >= 4 is 29.3 Å². The van der Waals surface area contributed by atoms with Crippen molar-refractivity contribution in [1.29, 1.82) is 0 Å². The van der Waals surface area contributed by atoms with Gasteiger partial charge in [-0.3, -0.25) is 4.79 Å². The number of para-hydroxylation sites is 1. The summed E-state index contributed by atoms with van der Waals surface area (Å²) in [5.74, 6) is 0.0638. The number of anilines is 1. The molecule has 1 atom stereocenters. The molecule has 0 bridgehead atoms. The van der Waals surface area contributed by atoms with Gasteiger partial charge in [-0.25, -0.2) is 4.79 Å². The Bertz CT molecular complexity index is 685. The Kier molecular flexibility index (Phi) is 4.71. The van der Waals surface area contributed by atoms with Gasteiger partial charge in [0.2, 0.25) is 5.91 Å². The van der Waals surface area contributed by atoms with Gasteiger partial charge < -0.3 is 14.5 Å². The molecule has 2 fully saturated rings. The quantitative estimate of drug-likeness (QED) is 0.754. The van der Waals surface area contributed by atoms with Crippen molar-refractivity contribution in [2.75, 3.05) is 24.5 Å². The first-order chi connectivity index (χ1) is 11.7. The number of halogens is 1. The van der Waals surface area contributed by atoms with E-state index in [0.29, 0.717) is 24.7 Å². The van der Waals surface area contributed by atoms with Crippen LogP contribution in [0.4, 0.5) is 10.5 Å². The summed E-state index contributed by atoms with van der Waals surface area (Å²) in [5.41, 5.74) is -0.306. The van der Waals surface area contributed by atoms with Gasteiger partial charge in [-0.15, -0.1) is 0 Å². The van der Waals surface area contributed by atoms with Crippen molar-refractivity contribution < 1.29 is 14.3 Å². The number of hydrogen-bond acceptors (Lipinski definition) is 3. The zero-order valence-electron chi connectivity index (χ0n) is 15.0. The van der Waals surface area contributed by atoms with E-state index in [1.807, 2.05) is 39.0 Å². The molecule has 25 heavy (non-hydrogen) atoms. The minimum atomic E-state index is -0.537. The van der Waals surface area contributed by atoms with Gasteiger partial charge in [0.05, 0.1) is 16.1 Å². The second-order valence-electron chi connectivity index (χ2n) is 7.94. The summed E-state index contributed by atoms with van der Waals surface area (Å²) in [5, 5.41) is 0.577. The molecule has 2 amide bonds. The van der Waals surface area contributed by atoms with Crippen LogP contribution in [0, 0.1) is 5.41 Å². The van der Waals surface area contributed by atoms with Crippen LogP contribution in [0.2, 0.25) is 5.02 Å². The topological polar surface area (TPSA) is 49.9 Å². The Morgan fingerprint density at radius 1 is 1.20 bits per heavy atom. The lowest BCUT2D eigenvalue weighted by Crippen LogP contribution is -2.51. The van der Waals surface area contributed by atoms with Gasteiger partial charge in [0.25, 0.3) is 0 Å². The van der Waals surface area contributed by atoms with E-state index in [9.17, 15) is 9.59 Å². The average Bonchev–Trinajstić information content (AvgIpc) is 2.83. The molecule has 1 aromatic rings. The number of carbonyl (C=O) groups is 2. The first-order valence-corrected chi connectivity index (χ1v) is 9.14. The summed E-state index contributed by atoms with van der Waals surface area (Å²) in [6, 6.07) is 7.40. The molecule has 0 unspecified atom stereocenters. The number of likely N-dealkylation sites (tertiary alicyclic amines) is 1. The average molecular weight is 365 g/mol. The molecule has 0 saturated carbocycles. The number of rotatable bonds is 1. The third-order valence-corrected chi connectivity index (χ3v) is 5.20. The highest BCUT2D eigenvalue weighted by Crippen LogP contribution is 2.43. The Hall–Kier alpha value is -1.75. The fourth-order valence-corrected chi connectivity index (χ4v) is 3.95. The predicted molar refractivity (Wildman–Crippen MR) is 97.9 cm³/mol. The Labute approximate surface area is 153 Å². The van der Waals surface area contributed by atoms with E-state index in [2.05, 4.69) is 0 Å². The molecular formula is C19H25ClN2O3. The van der Waals surface area contributed by atoms with Crippen LogP contribution in [-0.2, 0) is 9.53 Å². The van der Waals surface area contributed by atoms with Crippen molar-refractivity contribution in [1.82, 2.24) is 4.90 Å². The van der Waals surface area contributed by atoms with Gasteiger partial charge in [-0.2, -0.15) is 0 Å². The lowest BCUT2D eigenvalue weighted by molar-refractivity contribution is -0.128. The third-order valence-electron chi connectivity index (χ3n) is 4.88. The highest BCUT2D eigenvalue weighted by atomic mass is 35.5. The summed E-state index contributed by atoms with van der Waals surface area (Å²) >= 11 is 6.27. The summed E-state index contributed by atoms with van der Waals surface area (Å²) < 4.78 is 5.49.